The fourth-order valence-corrected chi connectivity index (χ4v) is 4.07. The van der Waals surface area contributed by atoms with Gasteiger partial charge in [-0.2, -0.15) is 4.31 Å². The van der Waals surface area contributed by atoms with E-state index in [2.05, 4.69) is 34.7 Å². The molecule has 1 aliphatic heterocycles. The molecule has 23 heavy (non-hydrogen) atoms. The number of sulfonamides is 1. The highest BCUT2D eigenvalue weighted by Gasteiger charge is 2.31. The number of hydrogen-bond donors (Lipinski definition) is 2. The standard InChI is InChI=1S/C16H26N4O2S/c1-13(14-8-5-4-6-9-14)19-16(17-2)18-12-15-10-7-11-20(15)23(3,21)22/h4-6,8-9,13,15H,7,10-12H2,1-3H3,(H2,17,18,19)/t13?,15-/m1/s1. The largest absolute Gasteiger partial charge is 0.355 e. The Morgan fingerprint density at radius 1 is 1.39 bits per heavy atom. The molecule has 2 rings (SSSR count). The Labute approximate surface area is 139 Å². The summed E-state index contributed by atoms with van der Waals surface area (Å²) in [6.07, 6.45) is 3.06. The van der Waals surface area contributed by atoms with Crippen LogP contribution in [0, 0.1) is 0 Å². The van der Waals surface area contributed by atoms with Crippen molar-refractivity contribution in [1.82, 2.24) is 14.9 Å². The Morgan fingerprint density at radius 2 is 2.09 bits per heavy atom. The minimum absolute atomic E-state index is 0.00409. The van der Waals surface area contributed by atoms with Gasteiger partial charge in [-0.3, -0.25) is 4.99 Å². The first-order chi connectivity index (χ1) is 10.9. The fourth-order valence-electron chi connectivity index (χ4n) is 2.89. The van der Waals surface area contributed by atoms with Crippen LogP contribution in [0.2, 0.25) is 0 Å². The summed E-state index contributed by atoms with van der Waals surface area (Å²) < 4.78 is 25.1. The quantitative estimate of drug-likeness (QED) is 0.628. The molecule has 6 nitrogen and oxygen atoms in total. The van der Waals surface area contributed by atoms with Crippen molar-refractivity contribution in [3.63, 3.8) is 0 Å². The normalized spacial score (nSPS) is 21.2. The number of nitrogens with one attached hydrogen (secondary N) is 2. The summed E-state index contributed by atoms with van der Waals surface area (Å²) in [5, 5.41) is 6.58. The number of aliphatic imine (C=N–C) groups is 1. The Balaban J connectivity index is 1.91. The minimum Gasteiger partial charge on any atom is -0.355 e. The second kappa shape index (κ2) is 7.79. The molecule has 1 aromatic carbocycles. The van der Waals surface area contributed by atoms with Crippen molar-refractivity contribution < 1.29 is 8.42 Å². The van der Waals surface area contributed by atoms with E-state index in [0.29, 0.717) is 19.0 Å². The van der Waals surface area contributed by atoms with E-state index >= 15 is 0 Å². The highest BCUT2D eigenvalue weighted by atomic mass is 32.2. The van der Waals surface area contributed by atoms with Crippen molar-refractivity contribution in [3.8, 4) is 0 Å². The average molecular weight is 338 g/mol. The zero-order chi connectivity index (χ0) is 16.9. The molecule has 7 heteroatoms. The summed E-state index contributed by atoms with van der Waals surface area (Å²) in [6, 6.07) is 10.2. The highest BCUT2D eigenvalue weighted by Crippen LogP contribution is 2.19. The van der Waals surface area contributed by atoms with Gasteiger partial charge in [-0.15, -0.1) is 0 Å². The number of guanidine groups is 1. The van der Waals surface area contributed by atoms with Crippen LogP contribution in [0.15, 0.2) is 35.3 Å². The average Bonchev–Trinajstić information content (AvgIpc) is 3.01. The van der Waals surface area contributed by atoms with Crippen molar-refractivity contribution >= 4 is 16.0 Å². The molecule has 128 valence electrons. The van der Waals surface area contributed by atoms with Crippen LogP contribution in [0.4, 0.5) is 0 Å². The molecule has 1 aromatic rings. The Kier molecular flexibility index (Phi) is 6.01. The zero-order valence-electron chi connectivity index (χ0n) is 14.0. The lowest BCUT2D eigenvalue weighted by Gasteiger charge is -2.24. The van der Waals surface area contributed by atoms with Gasteiger partial charge in [0.15, 0.2) is 5.96 Å². The molecule has 0 aromatic heterocycles. The number of benzene rings is 1. The maximum atomic E-state index is 11.8. The highest BCUT2D eigenvalue weighted by molar-refractivity contribution is 7.88. The Morgan fingerprint density at radius 3 is 2.70 bits per heavy atom. The summed E-state index contributed by atoms with van der Waals surface area (Å²) in [7, 11) is -1.42. The van der Waals surface area contributed by atoms with Gasteiger partial charge in [0.05, 0.1) is 12.3 Å². The van der Waals surface area contributed by atoms with Crippen LogP contribution in [0.1, 0.15) is 31.4 Å². The smallest absolute Gasteiger partial charge is 0.211 e. The van der Waals surface area contributed by atoms with Gasteiger partial charge in [0.2, 0.25) is 10.0 Å². The molecular weight excluding hydrogens is 312 g/mol. The predicted molar refractivity (Wildman–Crippen MR) is 93.9 cm³/mol. The first-order valence-corrected chi connectivity index (χ1v) is 9.75. The molecule has 2 N–H and O–H groups in total. The van der Waals surface area contributed by atoms with Crippen molar-refractivity contribution in [2.24, 2.45) is 4.99 Å². The molecule has 0 radical (unpaired) electrons. The second-order valence-electron chi connectivity index (χ2n) is 5.90. The summed E-state index contributed by atoms with van der Waals surface area (Å²) in [4.78, 5) is 4.23. The van der Waals surface area contributed by atoms with E-state index in [1.165, 1.54) is 11.8 Å². The zero-order valence-corrected chi connectivity index (χ0v) is 14.8. The third kappa shape index (κ3) is 4.94. The molecule has 1 saturated heterocycles. The first kappa shape index (κ1) is 17.7. The SMILES string of the molecule is CN=C(NC[C@H]1CCCN1S(C)(=O)=O)NC(C)c1ccccc1. The first-order valence-electron chi connectivity index (χ1n) is 7.90. The molecule has 2 atom stereocenters. The fraction of sp³-hybridized carbons (Fsp3) is 0.562. The summed E-state index contributed by atoms with van der Waals surface area (Å²) >= 11 is 0. The molecule has 0 aliphatic carbocycles. The molecule has 1 fully saturated rings. The van der Waals surface area contributed by atoms with Crippen LogP contribution in [0.5, 0.6) is 0 Å². The molecule has 0 bridgehead atoms. The number of nitrogens with zero attached hydrogens (tertiary/aromatic N) is 2. The van der Waals surface area contributed by atoms with Crippen molar-refractivity contribution in [3.05, 3.63) is 35.9 Å². The van der Waals surface area contributed by atoms with Crippen LogP contribution in [0.25, 0.3) is 0 Å². The third-order valence-electron chi connectivity index (χ3n) is 4.13. The molecule has 0 spiro atoms. The van der Waals surface area contributed by atoms with Crippen molar-refractivity contribution in [2.75, 3.05) is 26.4 Å². The van der Waals surface area contributed by atoms with Crippen LogP contribution in [0.3, 0.4) is 0 Å². The Hall–Kier alpha value is -1.60. The lowest BCUT2D eigenvalue weighted by Crippen LogP contribution is -2.46. The minimum atomic E-state index is -3.14. The van der Waals surface area contributed by atoms with Gasteiger partial charge in [-0.25, -0.2) is 8.42 Å². The molecule has 0 saturated carbocycles. The number of rotatable bonds is 5. The summed E-state index contributed by atoms with van der Waals surface area (Å²) in [5.74, 6) is 0.682. The van der Waals surface area contributed by atoms with Gasteiger partial charge in [-0.05, 0) is 25.3 Å². The molecule has 1 heterocycles. The van der Waals surface area contributed by atoms with Gasteiger partial charge in [0.25, 0.3) is 0 Å². The third-order valence-corrected chi connectivity index (χ3v) is 5.46. The van der Waals surface area contributed by atoms with Crippen LogP contribution in [-0.2, 0) is 10.0 Å². The van der Waals surface area contributed by atoms with E-state index < -0.39 is 10.0 Å². The maximum Gasteiger partial charge on any atom is 0.211 e. The lowest BCUT2D eigenvalue weighted by molar-refractivity contribution is 0.387. The molecular formula is C16H26N4O2S. The molecule has 1 aliphatic rings. The Bertz CT molecular complexity index is 631. The molecule has 0 amide bonds. The van der Waals surface area contributed by atoms with Gasteiger partial charge in [-0.1, -0.05) is 30.3 Å². The van der Waals surface area contributed by atoms with Crippen LogP contribution in [-0.4, -0.2) is 51.1 Å². The van der Waals surface area contributed by atoms with E-state index in [0.717, 1.165) is 12.8 Å². The van der Waals surface area contributed by atoms with E-state index in [1.807, 2.05) is 18.2 Å². The maximum absolute atomic E-state index is 11.8. The van der Waals surface area contributed by atoms with Crippen LogP contribution < -0.4 is 10.6 Å². The number of hydrogen-bond acceptors (Lipinski definition) is 3. The van der Waals surface area contributed by atoms with E-state index in [1.54, 1.807) is 11.4 Å². The van der Waals surface area contributed by atoms with E-state index in [9.17, 15) is 8.42 Å². The van der Waals surface area contributed by atoms with Gasteiger partial charge in [0, 0.05) is 26.2 Å². The molecule has 1 unspecified atom stereocenters. The predicted octanol–water partition coefficient (Wildman–Crippen LogP) is 1.34. The van der Waals surface area contributed by atoms with Crippen molar-refractivity contribution in [1.29, 1.82) is 0 Å². The van der Waals surface area contributed by atoms with Crippen molar-refractivity contribution in [2.45, 2.75) is 31.8 Å². The summed E-state index contributed by atoms with van der Waals surface area (Å²) in [5.41, 5.74) is 1.18. The van der Waals surface area contributed by atoms with Gasteiger partial charge in [0.1, 0.15) is 0 Å². The second-order valence-corrected chi connectivity index (χ2v) is 7.83. The van der Waals surface area contributed by atoms with E-state index in [4.69, 9.17) is 0 Å². The monoisotopic (exact) mass is 338 g/mol. The van der Waals surface area contributed by atoms with Gasteiger partial charge >= 0.3 is 0 Å². The summed E-state index contributed by atoms with van der Waals surface area (Å²) in [6.45, 7) is 3.24. The van der Waals surface area contributed by atoms with E-state index in [-0.39, 0.29) is 12.1 Å². The lowest BCUT2D eigenvalue weighted by atomic mass is 10.1. The topological polar surface area (TPSA) is 73.8 Å². The van der Waals surface area contributed by atoms with Gasteiger partial charge < -0.3 is 10.6 Å². The van der Waals surface area contributed by atoms with Crippen LogP contribution >= 0.6 is 0 Å².